The van der Waals surface area contributed by atoms with Gasteiger partial charge in [0.25, 0.3) is 0 Å². The number of hydrogen-bond donors (Lipinski definition) is 1. The van der Waals surface area contributed by atoms with E-state index in [4.69, 9.17) is 0 Å². The Balaban J connectivity index is 2.49. The minimum atomic E-state index is -1.09. The monoisotopic (exact) mass is 341 g/mol. The summed E-state index contributed by atoms with van der Waals surface area (Å²) in [4.78, 5) is 2.08. The van der Waals surface area contributed by atoms with E-state index in [9.17, 15) is 9.50 Å². The Hall–Kier alpha value is -1.97. The van der Waals surface area contributed by atoms with E-state index in [0.29, 0.717) is 0 Å². The van der Waals surface area contributed by atoms with Crippen LogP contribution < -0.4 is 0 Å². The summed E-state index contributed by atoms with van der Waals surface area (Å²) >= 11 is 0. The standard InChI is InChI=1S/C22H28FNO/c1-16-6-10-20(11-7-16)22(25,18(3)15-24(4)5)17(2)14-19-8-12-21(23)13-9-19/h6-14,18,25H,15H2,1-5H3/b17-14+. The minimum absolute atomic E-state index is 0.0121. The van der Waals surface area contributed by atoms with Gasteiger partial charge in [0, 0.05) is 12.5 Å². The largest absolute Gasteiger partial charge is 0.380 e. The van der Waals surface area contributed by atoms with Crippen LogP contribution in [-0.2, 0) is 5.60 Å². The third-order valence-corrected chi connectivity index (χ3v) is 4.70. The number of halogens is 1. The lowest BCUT2D eigenvalue weighted by Crippen LogP contribution is -2.40. The maximum atomic E-state index is 13.2. The number of hydrogen-bond acceptors (Lipinski definition) is 2. The van der Waals surface area contributed by atoms with E-state index in [0.717, 1.165) is 28.8 Å². The molecule has 2 nitrogen and oxygen atoms in total. The Bertz CT molecular complexity index is 719. The molecule has 2 unspecified atom stereocenters. The molecule has 0 aliphatic heterocycles. The Morgan fingerprint density at radius 1 is 1.12 bits per heavy atom. The molecule has 0 radical (unpaired) electrons. The van der Waals surface area contributed by atoms with Gasteiger partial charge in [-0.15, -0.1) is 0 Å². The van der Waals surface area contributed by atoms with Gasteiger partial charge in [0.05, 0.1) is 0 Å². The zero-order valence-corrected chi connectivity index (χ0v) is 15.8. The summed E-state index contributed by atoms with van der Waals surface area (Å²) in [5, 5.41) is 11.7. The highest BCUT2D eigenvalue weighted by Gasteiger charge is 2.37. The highest BCUT2D eigenvalue weighted by atomic mass is 19.1. The summed E-state index contributed by atoms with van der Waals surface area (Å²) in [6.07, 6.45) is 1.94. The summed E-state index contributed by atoms with van der Waals surface area (Å²) in [6, 6.07) is 14.4. The molecule has 2 aromatic carbocycles. The van der Waals surface area contributed by atoms with Crippen molar-refractivity contribution in [3.63, 3.8) is 0 Å². The van der Waals surface area contributed by atoms with E-state index >= 15 is 0 Å². The number of rotatable bonds is 6. The van der Waals surface area contributed by atoms with E-state index in [-0.39, 0.29) is 11.7 Å². The molecule has 0 aliphatic rings. The molecule has 3 heteroatoms. The van der Waals surface area contributed by atoms with Crippen LogP contribution in [0.15, 0.2) is 54.1 Å². The average Bonchev–Trinajstić information content (AvgIpc) is 2.56. The maximum Gasteiger partial charge on any atom is 0.123 e. The molecule has 0 aromatic heterocycles. The van der Waals surface area contributed by atoms with Crippen LogP contribution in [0.2, 0.25) is 0 Å². The van der Waals surface area contributed by atoms with E-state index in [2.05, 4.69) is 11.8 Å². The Morgan fingerprint density at radius 2 is 1.68 bits per heavy atom. The average molecular weight is 341 g/mol. The lowest BCUT2D eigenvalue weighted by atomic mass is 9.76. The minimum Gasteiger partial charge on any atom is -0.380 e. The lowest BCUT2D eigenvalue weighted by Gasteiger charge is -2.37. The van der Waals surface area contributed by atoms with Crippen molar-refractivity contribution in [1.29, 1.82) is 0 Å². The highest BCUT2D eigenvalue weighted by Crippen LogP contribution is 2.38. The van der Waals surface area contributed by atoms with Crippen LogP contribution in [0, 0.1) is 18.7 Å². The van der Waals surface area contributed by atoms with Gasteiger partial charge in [-0.3, -0.25) is 0 Å². The second-order valence-corrected chi connectivity index (χ2v) is 7.17. The Kier molecular flexibility index (Phi) is 6.15. The summed E-state index contributed by atoms with van der Waals surface area (Å²) in [7, 11) is 4.01. The Morgan fingerprint density at radius 3 is 2.20 bits per heavy atom. The molecular formula is C22H28FNO. The Labute approximate surface area is 150 Å². The van der Waals surface area contributed by atoms with E-state index in [1.165, 1.54) is 12.1 Å². The maximum absolute atomic E-state index is 13.2. The fourth-order valence-electron chi connectivity index (χ4n) is 3.31. The van der Waals surface area contributed by atoms with Gasteiger partial charge >= 0.3 is 0 Å². The first kappa shape index (κ1) is 19.4. The third kappa shape index (κ3) is 4.56. The van der Waals surface area contributed by atoms with Crippen LogP contribution >= 0.6 is 0 Å². The molecule has 1 N–H and O–H groups in total. The van der Waals surface area contributed by atoms with Crippen LogP contribution in [0.1, 0.15) is 30.5 Å². The highest BCUT2D eigenvalue weighted by molar-refractivity contribution is 5.56. The smallest absolute Gasteiger partial charge is 0.123 e. The first-order valence-corrected chi connectivity index (χ1v) is 8.62. The van der Waals surface area contributed by atoms with Crippen molar-refractivity contribution in [2.75, 3.05) is 20.6 Å². The molecule has 0 saturated carbocycles. The van der Waals surface area contributed by atoms with Crippen LogP contribution in [0.3, 0.4) is 0 Å². The van der Waals surface area contributed by atoms with Gasteiger partial charge in [-0.2, -0.15) is 0 Å². The van der Waals surface area contributed by atoms with Crippen molar-refractivity contribution in [2.45, 2.75) is 26.4 Å². The third-order valence-electron chi connectivity index (χ3n) is 4.70. The molecule has 0 heterocycles. The SMILES string of the molecule is C/C(=C\c1ccc(F)cc1)C(O)(c1ccc(C)cc1)C(C)CN(C)C. The molecule has 0 amide bonds. The van der Waals surface area contributed by atoms with Crippen LogP contribution in [0.25, 0.3) is 6.08 Å². The van der Waals surface area contributed by atoms with Gasteiger partial charge in [-0.05, 0) is 56.8 Å². The van der Waals surface area contributed by atoms with Gasteiger partial charge in [0.2, 0.25) is 0 Å². The summed E-state index contributed by atoms with van der Waals surface area (Å²) in [5.41, 5.74) is 2.67. The fourth-order valence-corrected chi connectivity index (χ4v) is 3.31. The van der Waals surface area contributed by atoms with Crippen LogP contribution in [0.5, 0.6) is 0 Å². The first-order valence-electron chi connectivity index (χ1n) is 8.62. The second kappa shape index (κ2) is 7.94. The lowest BCUT2D eigenvalue weighted by molar-refractivity contribution is 0.0105. The van der Waals surface area contributed by atoms with E-state index in [1.54, 1.807) is 12.1 Å². The molecular weight excluding hydrogens is 313 g/mol. The number of benzene rings is 2. The molecule has 0 aliphatic carbocycles. The topological polar surface area (TPSA) is 23.5 Å². The quantitative estimate of drug-likeness (QED) is 0.828. The van der Waals surface area contributed by atoms with Gasteiger partial charge < -0.3 is 10.0 Å². The zero-order chi connectivity index (χ0) is 18.6. The van der Waals surface area contributed by atoms with Gasteiger partial charge in [0.1, 0.15) is 11.4 Å². The van der Waals surface area contributed by atoms with Crippen molar-refractivity contribution >= 4 is 6.08 Å². The molecule has 2 atom stereocenters. The first-order chi connectivity index (χ1) is 11.7. The molecule has 0 bridgehead atoms. The van der Waals surface area contributed by atoms with Gasteiger partial charge in [0.15, 0.2) is 0 Å². The summed E-state index contributed by atoms with van der Waals surface area (Å²) in [6.45, 7) is 6.78. The predicted molar refractivity (Wildman–Crippen MR) is 103 cm³/mol. The van der Waals surface area contributed by atoms with Crippen molar-refractivity contribution in [3.05, 3.63) is 76.6 Å². The van der Waals surface area contributed by atoms with Gasteiger partial charge in [-0.1, -0.05) is 55.0 Å². The number of aryl methyl sites for hydroxylation is 1. The molecule has 0 saturated heterocycles. The fraction of sp³-hybridized carbons (Fsp3) is 0.364. The summed E-state index contributed by atoms with van der Waals surface area (Å²) < 4.78 is 13.2. The predicted octanol–water partition coefficient (Wildman–Crippen LogP) is 4.62. The molecule has 0 fully saturated rings. The van der Waals surface area contributed by atoms with Crippen LogP contribution in [-0.4, -0.2) is 30.6 Å². The van der Waals surface area contributed by atoms with Crippen molar-refractivity contribution in [1.82, 2.24) is 4.90 Å². The van der Waals surface area contributed by atoms with Gasteiger partial charge in [-0.25, -0.2) is 4.39 Å². The van der Waals surface area contributed by atoms with E-state index < -0.39 is 5.60 Å². The molecule has 25 heavy (non-hydrogen) atoms. The zero-order valence-electron chi connectivity index (χ0n) is 15.8. The summed E-state index contributed by atoms with van der Waals surface area (Å²) in [5.74, 6) is -0.272. The van der Waals surface area contributed by atoms with Crippen LogP contribution in [0.4, 0.5) is 4.39 Å². The molecule has 0 spiro atoms. The van der Waals surface area contributed by atoms with Crippen molar-refractivity contribution in [3.8, 4) is 0 Å². The second-order valence-electron chi connectivity index (χ2n) is 7.17. The van der Waals surface area contributed by atoms with Crippen molar-refractivity contribution < 1.29 is 9.50 Å². The van der Waals surface area contributed by atoms with Crippen molar-refractivity contribution in [2.24, 2.45) is 5.92 Å². The molecule has 2 aromatic rings. The van der Waals surface area contributed by atoms with E-state index in [1.807, 2.05) is 58.3 Å². The normalized spacial score (nSPS) is 15.9. The molecule has 2 rings (SSSR count). The number of aliphatic hydroxyl groups is 1. The number of nitrogens with zero attached hydrogens (tertiary/aromatic N) is 1. The molecule has 134 valence electrons.